The summed E-state index contributed by atoms with van der Waals surface area (Å²) < 4.78 is 0.772. The summed E-state index contributed by atoms with van der Waals surface area (Å²) >= 11 is 3.28. The lowest BCUT2D eigenvalue weighted by Gasteiger charge is -2.24. The van der Waals surface area contributed by atoms with Crippen LogP contribution in [0.3, 0.4) is 0 Å². The molecular formula is C22H33BrN4O2. The molecule has 1 atom stereocenters. The number of unbranched alkanes of at least 4 members (excludes halogenated alkanes) is 1. The molecule has 2 heterocycles. The molecule has 1 aliphatic carbocycles. The molecule has 0 amide bonds. The number of carboxylic acid groups (broad SMARTS) is 1. The van der Waals surface area contributed by atoms with E-state index in [2.05, 4.69) is 50.2 Å². The number of fused-ring (bicyclic) bond motifs is 1. The van der Waals surface area contributed by atoms with Gasteiger partial charge in [0.15, 0.2) is 0 Å². The number of rotatable bonds is 13. The molecule has 0 saturated heterocycles. The Morgan fingerprint density at radius 3 is 2.93 bits per heavy atom. The predicted molar refractivity (Wildman–Crippen MR) is 121 cm³/mol. The summed E-state index contributed by atoms with van der Waals surface area (Å²) in [4.78, 5) is 18.7. The molecule has 1 aliphatic heterocycles. The first-order chi connectivity index (χ1) is 14.0. The average Bonchev–Trinajstić information content (AvgIpc) is 3.54. The highest BCUT2D eigenvalue weighted by Gasteiger charge is 2.29. The number of nitrogens with zero attached hydrogens (tertiary/aromatic N) is 2. The van der Waals surface area contributed by atoms with E-state index in [0.717, 1.165) is 55.6 Å². The Kier molecular flexibility index (Phi) is 8.51. The molecule has 29 heavy (non-hydrogen) atoms. The molecule has 0 bridgehead atoms. The lowest BCUT2D eigenvalue weighted by Crippen LogP contribution is -2.41. The number of aliphatic carboxylic acids is 1. The maximum atomic E-state index is 11.5. The van der Waals surface area contributed by atoms with Crippen molar-refractivity contribution in [1.82, 2.24) is 15.2 Å². The second-order valence-corrected chi connectivity index (χ2v) is 9.26. The minimum absolute atomic E-state index is 0.475. The van der Waals surface area contributed by atoms with E-state index in [1.54, 1.807) is 0 Å². The van der Waals surface area contributed by atoms with Gasteiger partial charge in [-0.1, -0.05) is 28.6 Å². The van der Waals surface area contributed by atoms with E-state index in [1.807, 2.05) is 0 Å². The molecule has 0 spiro atoms. The van der Waals surface area contributed by atoms with Crippen LogP contribution in [0.5, 0.6) is 0 Å². The smallest absolute Gasteiger partial charge is 0.320 e. The minimum atomic E-state index is -0.790. The summed E-state index contributed by atoms with van der Waals surface area (Å²) in [7, 11) is 0. The monoisotopic (exact) mass is 464 g/mol. The topological polar surface area (TPSA) is 77.5 Å². The van der Waals surface area contributed by atoms with Gasteiger partial charge in [0.25, 0.3) is 0 Å². The normalized spacial score (nSPS) is 16.9. The lowest BCUT2D eigenvalue weighted by atomic mass is 10.1. The van der Waals surface area contributed by atoms with Crippen molar-refractivity contribution in [3.05, 3.63) is 34.5 Å². The van der Waals surface area contributed by atoms with Gasteiger partial charge in [0.05, 0.1) is 0 Å². The molecule has 3 N–H and O–H groups in total. The van der Waals surface area contributed by atoms with Gasteiger partial charge in [-0.25, -0.2) is 4.98 Å². The second kappa shape index (κ2) is 11.1. The maximum absolute atomic E-state index is 11.5. The van der Waals surface area contributed by atoms with Gasteiger partial charge >= 0.3 is 5.97 Å². The van der Waals surface area contributed by atoms with Gasteiger partial charge in [-0.15, -0.1) is 0 Å². The number of aromatic nitrogens is 1. The fourth-order valence-corrected chi connectivity index (χ4v) is 4.05. The van der Waals surface area contributed by atoms with Crippen LogP contribution in [-0.2, 0) is 17.6 Å². The number of carboxylic acids is 1. The second-order valence-electron chi connectivity index (χ2n) is 8.14. The van der Waals surface area contributed by atoms with Crippen LogP contribution in [0, 0.1) is 0 Å². The first-order valence-corrected chi connectivity index (χ1v) is 11.6. The van der Waals surface area contributed by atoms with E-state index in [4.69, 9.17) is 4.98 Å². The summed E-state index contributed by atoms with van der Waals surface area (Å²) in [5.74, 6) is 0.285. The van der Waals surface area contributed by atoms with Crippen molar-refractivity contribution >= 4 is 27.7 Å². The predicted octanol–water partition coefficient (Wildman–Crippen LogP) is 3.57. The fourth-order valence-electron chi connectivity index (χ4n) is 3.89. The van der Waals surface area contributed by atoms with E-state index in [0.29, 0.717) is 19.0 Å². The van der Waals surface area contributed by atoms with Gasteiger partial charge in [0.2, 0.25) is 0 Å². The first kappa shape index (κ1) is 22.2. The van der Waals surface area contributed by atoms with Crippen LogP contribution in [0.4, 0.5) is 5.82 Å². The van der Waals surface area contributed by atoms with E-state index in [9.17, 15) is 9.90 Å². The minimum Gasteiger partial charge on any atom is -0.480 e. The molecule has 0 aromatic carbocycles. The molecule has 1 fully saturated rings. The Hall–Kier alpha value is -1.44. The molecule has 1 aromatic rings. The highest BCUT2D eigenvalue weighted by atomic mass is 79.9. The third-order valence-corrected chi connectivity index (χ3v) is 5.97. The molecule has 6 nitrogen and oxygen atoms in total. The van der Waals surface area contributed by atoms with Gasteiger partial charge in [-0.05, 0) is 69.5 Å². The molecule has 1 saturated carbocycles. The van der Waals surface area contributed by atoms with E-state index >= 15 is 0 Å². The zero-order chi connectivity index (χ0) is 20.6. The van der Waals surface area contributed by atoms with Crippen LogP contribution in [0.15, 0.2) is 23.2 Å². The van der Waals surface area contributed by atoms with Crippen LogP contribution in [0.1, 0.15) is 49.8 Å². The number of halogens is 1. The zero-order valence-corrected chi connectivity index (χ0v) is 18.7. The van der Waals surface area contributed by atoms with E-state index in [-0.39, 0.29) is 0 Å². The van der Waals surface area contributed by atoms with Crippen LogP contribution >= 0.6 is 15.9 Å². The van der Waals surface area contributed by atoms with Crippen molar-refractivity contribution in [3.8, 4) is 0 Å². The standard InChI is InChI=1S/C22H33BrN4O2/c1-16(23)15-25-20(22(28)29)11-14-27(19-9-10-19)13-3-2-6-18-8-7-17-5-4-12-24-21(17)26-18/h7-8,19-20,25H,1-6,9-15H2,(H,24,26)(H,28,29). The highest BCUT2D eigenvalue weighted by molar-refractivity contribution is 9.11. The number of hydrogen-bond donors (Lipinski definition) is 3. The summed E-state index contributed by atoms with van der Waals surface area (Å²) in [5, 5.41) is 15.9. The summed E-state index contributed by atoms with van der Waals surface area (Å²) in [6, 6.07) is 4.51. The Balaban J connectivity index is 1.40. The van der Waals surface area contributed by atoms with E-state index < -0.39 is 12.0 Å². The Morgan fingerprint density at radius 1 is 1.38 bits per heavy atom. The number of pyridine rings is 1. The largest absolute Gasteiger partial charge is 0.480 e. The van der Waals surface area contributed by atoms with Crippen LogP contribution in [0.25, 0.3) is 0 Å². The Labute approximate surface area is 182 Å². The Morgan fingerprint density at radius 2 is 2.21 bits per heavy atom. The molecule has 2 aliphatic rings. The van der Waals surface area contributed by atoms with Crippen LogP contribution in [0.2, 0.25) is 0 Å². The van der Waals surface area contributed by atoms with Crippen molar-refractivity contribution in [1.29, 1.82) is 0 Å². The molecule has 0 radical (unpaired) electrons. The van der Waals surface area contributed by atoms with Gasteiger partial charge < -0.3 is 15.3 Å². The molecule has 3 rings (SSSR count). The summed E-state index contributed by atoms with van der Waals surface area (Å²) in [6.45, 7) is 7.12. The average molecular weight is 465 g/mol. The third kappa shape index (κ3) is 7.39. The maximum Gasteiger partial charge on any atom is 0.320 e. The molecular weight excluding hydrogens is 432 g/mol. The van der Waals surface area contributed by atoms with Crippen molar-refractivity contribution in [2.45, 2.75) is 63.5 Å². The molecule has 7 heteroatoms. The molecule has 1 unspecified atom stereocenters. The Bertz CT molecular complexity index is 708. The highest BCUT2D eigenvalue weighted by Crippen LogP contribution is 2.27. The number of carbonyl (C=O) groups is 1. The number of aryl methyl sites for hydroxylation is 2. The molecule has 160 valence electrons. The van der Waals surface area contributed by atoms with Crippen LogP contribution in [-0.4, -0.2) is 59.2 Å². The van der Waals surface area contributed by atoms with Gasteiger partial charge in [0, 0.05) is 35.9 Å². The fraction of sp³-hybridized carbons (Fsp3) is 0.636. The van der Waals surface area contributed by atoms with Crippen LogP contribution < -0.4 is 10.6 Å². The SMILES string of the molecule is C=C(Br)CNC(CCN(CCCCc1ccc2c(n1)NCCC2)C1CC1)C(=O)O. The third-order valence-electron chi connectivity index (χ3n) is 5.69. The molecule has 1 aromatic heterocycles. The number of anilines is 1. The number of nitrogens with one attached hydrogen (secondary N) is 2. The lowest BCUT2D eigenvalue weighted by molar-refractivity contribution is -0.139. The first-order valence-electron chi connectivity index (χ1n) is 10.8. The zero-order valence-electron chi connectivity index (χ0n) is 17.1. The van der Waals surface area contributed by atoms with Gasteiger partial charge in [-0.2, -0.15) is 0 Å². The van der Waals surface area contributed by atoms with E-state index in [1.165, 1.54) is 30.5 Å². The van der Waals surface area contributed by atoms with Gasteiger partial charge in [-0.3, -0.25) is 10.1 Å². The number of hydrogen-bond acceptors (Lipinski definition) is 5. The van der Waals surface area contributed by atoms with Crippen molar-refractivity contribution in [2.24, 2.45) is 0 Å². The van der Waals surface area contributed by atoms with Crippen molar-refractivity contribution < 1.29 is 9.90 Å². The summed E-state index contributed by atoms with van der Waals surface area (Å²) in [6.07, 6.45) is 8.63. The quantitative estimate of drug-likeness (QED) is 0.387. The van der Waals surface area contributed by atoms with Crippen molar-refractivity contribution in [3.63, 3.8) is 0 Å². The summed E-state index contributed by atoms with van der Waals surface area (Å²) in [5.41, 5.74) is 2.51. The van der Waals surface area contributed by atoms with Crippen molar-refractivity contribution in [2.75, 3.05) is 31.5 Å². The van der Waals surface area contributed by atoms with Gasteiger partial charge in [0.1, 0.15) is 11.9 Å².